The summed E-state index contributed by atoms with van der Waals surface area (Å²) in [5.74, 6) is 1.06. The van der Waals surface area contributed by atoms with Gasteiger partial charge < -0.3 is 19.7 Å². The van der Waals surface area contributed by atoms with Crippen LogP contribution in [0.3, 0.4) is 0 Å². The number of aromatic nitrogens is 4. The van der Waals surface area contributed by atoms with Crippen LogP contribution >= 0.6 is 45.8 Å². The highest BCUT2D eigenvalue weighted by Gasteiger charge is 2.32. The first-order valence-electron chi connectivity index (χ1n) is 13.6. The van der Waals surface area contributed by atoms with Gasteiger partial charge in [-0.1, -0.05) is 50.3 Å². The Kier molecular flexibility index (Phi) is 14.3. The number of rotatable bonds is 8. The summed E-state index contributed by atoms with van der Waals surface area (Å²) in [6.07, 6.45) is 5.78. The smallest absolute Gasteiger partial charge is 0.328 e. The summed E-state index contributed by atoms with van der Waals surface area (Å²) in [6, 6.07) is -0.809. The average Bonchev–Trinajstić information content (AvgIpc) is 3.61. The summed E-state index contributed by atoms with van der Waals surface area (Å²) in [5.41, 5.74) is 4.15. The normalized spacial score (nSPS) is 14.6. The van der Waals surface area contributed by atoms with E-state index in [0.29, 0.717) is 5.82 Å². The number of methoxy groups -OCH3 is 2. The molecule has 0 saturated heterocycles. The number of esters is 2. The van der Waals surface area contributed by atoms with Crippen molar-refractivity contribution in [1.29, 1.82) is 0 Å². The molecule has 0 amide bonds. The molecule has 228 valence electrons. The molecular formula is C28H41Cl2IN6O4. The molecule has 0 saturated carbocycles. The number of nitrogens with zero attached hydrogens (tertiary/aromatic N) is 5. The Bertz CT molecular complexity index is 1200. The van der Waals surface area contributed by atoms with E-state index in [1.165, 1.54) is 14.2 Å². The zero-order valence-electron chi connectivity index (χ0n) is 25.1. The molecule has 2 aliphatic rings. The van der Waals surface area contributed by atoms with Crippen LogP contribution in [0.2, 0.25) is 10.6 Å². The Hall–Kier alpha value is -1.99. The lowest BCUT2D eigenvalue weighted by atomic mass is 10.0. The minimum Gasteiger partial charge on any atom is -0.467 e. The van der Waals surface area contributed by atoms with Gasteiger partial charge in [0.15, 0.2) is 0 Å². The van der Waals surface area contributed by atoms with Gasteiger partial charge in [0.2, 0.25) is 10.6 Å². The number of nitrogens with one attached hydrogen (secondary N) is 1. The molecule has 0 spiro atoms. The molecule has 0 bridgehead atoms. The van der Waals surface area contributed by atoms with Crippen LogP contribution < -0.4 is 10.2 Å². The largest absolute Gasteiger partial charge is 0.467 e. The molecule has 2 atom stereocenters. The van der Waals surface area contributed by atoms with Crippen molar-refractivity contribution in [2.75, 3.05) is 36.4 Å². The monoisotopic (exact) mass is 722 g/mol. The van der Waals surface area contributed by atoms with Crippen LogP contribution in [0.5, 0.6) is 0 Å². The lowest BCUT2D eigenvalue weighted by Crippen LogP contribution is -2.44. The first-order valence-corrected chi connectivity index (χ1v) is 16.5. The highest BCUT2D eigenvalue weighted by molar-refractivity contribution is 14.1. The third-order valence-electron chi connectivity index (χ3n) is 7.03. The summed E-state index contributed by atoms with van der Waals surface area (Å²) in [7, 11) is 4.65. The van der Waals surface area contributed by atoms with Gasteiger partial charge in [0.05, 0.1) is 25.6 Å². The van der Waals surface area contributed by atoms with Crippen molar-refractivity contribution >= 4 is 69.4 Å². The number of likely N-dealkylation sites (N-methyl/N-ethyl adjacent to an activating group) is 1. The predicted molar refractivity (Wildman–Crippen MR) is 171 cm³/mol. The van der Waals surface area contributed by atoms with Gasteiger partial charge in [-0.25, -0.2) is 29.5 Å². The van der Waals surface area contributed by atoms with E-state index in [2.05, 4.69) is 47.8 Å². The third kappa shape index (κ3) is 9.00. The number of hydrogen-bond donors (Lipinski definition) is 1. The minimum atomic E-state index is -0.430. The molecule has 2 aliphatic carbocycles. The molecule has 13 heteroatoms. The maximum Gasteiger partial charge on any atom is 0.328 e. The van der Waals surface area contributed by atoms with Gasteiger partial charge in [0, 0.05) is 18.2 Å². The van der Waals surface area contributed by atoms with Crippen LogP contribution in [0.15, 0.2) is 0 Å². The molecule has 0 radical (unpaired) electrons. The molecule has 2 unspecified atom stereocenters. The summed E-state index contributed by atoms with van der Waals surface area (Å²) < 4.78 is 9.73. The molecule has 1 N–H and O–H groups in total. The molecule has 2 aromatic heterocycles. The SMILES string of the molecule is CI.COC(=O)C(C(C)C)N(C)c1nc(Cl)nc2c1CCC2.COC(=O)C(Nc1nc(Cl)nc2c1CCC2)C(C)C. The van der Waals surface area contributed by atoms with Crippen LogP contribution in [0.1, 0.15) is 63.1 Å². The maximum atomic E-state index is 12.0. The molecule has 4 rings (SSSR count). The van der Waals surface area contributed by atoms with E-state index in [0.717, 1.165) is 66.9 Å². The number of hydrogen-bond acceptors (Lipinski definition) is 10. The zero-order valence-corrected chi connectivity index (χ0v) is 28.7. The second-order valence-corrected chi connectivity index (χ2v) is 11.1. The number of ether oxygens (including phenoxy) is 2. The fraction of sp³-hybridized carbons (Fsp3) is 0.643. The van der Waals surface area contributed by atoms with Crippen LogP contribution in [0.4, 0.5) is 11.6 Å². The Labute approximate surface area is 266 Å². The van der Waals surface area contributed by atoms with Crippen molar-refractivity contribution in [1.82, 2.24) is 19.9 Å². The molecular weight excluding hydrogens is 682 g/mol. The Balaban J connectivity index is 0.000000271. The van der Waals surface area contributed by atoms with Gasteiger partial charge in [-0.2, -0.15) is 0 Å². The summed E-state index contributed by atoms with van der Waals surface area (Å²) >= 11 is 14.1. The molecule has 10 nitrogen and oxygen atoms in total. The lowest BCUT2D eigenvalue weighted by molar-refractivity contribution is -0.143. The number of anilines is 2. The molecule has 0 aliphatic heterocycles. The van der Waals surface area contributed by atoms with Gasteiger partial charge in [-0.15, -0.1) is 0 Å². The molecule has 0 aromatic carbocycles. The Morgan fingerprint density at radius 1 is 0.805 bits per heavy atom. The summed E-state index contributed by atoms with van der Waals surface area (Å²) in [6.45, 7) is 7.89. The second kappa shape index (κ2) is 16.6. The number of carbonyl (C=O) groups excluding carboxylic acids is 2. The highest BCUT2D eigenvalue weighted by Crippen LogP contribution is 2.32. The average molecular weight is 723 g/mol. The van der Waals surface area contributed by atoms with E-state index in [1.807, 2.05) is 44.6 Å². The number of fused-ring (bicyclic) bond motifs is 2. The second-order valence-electron chi connectivity index (χ2n) is 10.4. The van der Waals surface area contributed by atoms with Gasteiger partial charge in [-0.05, 0) is 78.5 Å². The third-order valence-corrected chi connectivity index (χ3v) is 7.37. The van der Waals surface area contributed by atoms with Crippen molar-refractivity contribution in [3.63, 3.8) is 0 Å². The standard InChI is InChI=1S/C14H20ClN3O2.C13H18ClN3O2.CH3I/c1-8(2)11(13(19)20-4)18(3)12-9-6-5-7-10(9)16-14(15)17-12;1-7(2)10(12(18)19-3)16-11-8-5-4-6-9(8)15-13(14)17-11;1-2/h8,11H,5-7H2,1-4H3;7,10H,4-6H2,1-3H3,(H,15,16,17);1H3. The van der Waals surface area contributed by atoms with Crippen molar-refractivity contribution in [2.24, 2.45) is 11.8 Å². The minimum absolute atomic E-state index is 0.0956. The van der Waals surface area contributed by atoms with Crippen LogP contribution in [0, 0.1) is 11.8 Å². The maximum absolute atomic E-state index is 12.0. The highest BCUT2D eigenvalue weighted by atomic mass is 127. The van der Waals surface area contributed by atoms with Crippen molar-refractivity contribution in [3.8, 4) is 0 Å². The molecule has 0 fully saturated rings. The fourth-order valence-electron chi connectivity index (χ4n) is 5.10. The van der Waals surface area contributed by atoms with Crippen molar-refractivity contribution < 1.29 is 19.1 Å². The molecule has 2 heterocycles. The first-order chi connectivity index (χ1) is 19.5. The zero-order chi connectivity index (χ0) is 30.9. The quantitative estimate of drug-likeness (QED) is 0.161. The van der Waals surface area contributed by atoms with E-state index in [9.17, 15) is 9.59 Å². The van der Waals surface area contributed by atoms with Crippen LogP contribution in [-0.2, 0) is 44.7 Å². The summed E-state index contributed by atoms with van der Waals surface area (Å²) in [5, 5.41) is 3.61. The molecule has 2 aromatic rings. The number of carbonyl (C=O) groups is 2. The van der Waals surface area contributed by atoms with Crippen LogP contribution in [0.25, 0.3) is 0 Å². The topological polar surface area (TPSA) is 119 Å². The van der Waals surface area contributed by atoms with Crippen molar-refractivity contribution in [2.45, 2.75) is 78.3 Å². The number of alkyl halides is 1. The first kappa shape index (κ1) is 35.2. The van der Waals surface area contributed by atoms with E-state index in [-0.39, 0.29) is 40.4 Å². The fourth-order valence-corrected chi connectivity index (χ4v) is 5.47. The van der Waals surface area contributed by atoms with Gasteiger partial charge in [0.25, 0.3) is 0 Å². The lowest BCUT2D eigenvalue weighted by Gasteiger charge is -2.31. The number of halogens is 3. The van der Waals surface area contributed by atoms with Crippen LogP contribution in [-0.4, -0.2) is 70.2 Å². The van der Waals surface area contributed by atoms with E-state index in [1.54, 1.807) is 0 Å². The summed E-state index contributed by atoms with van der Waals surface area (Å²) in [4.78, 5) is 44.7. The number of aryl methyl sites for hydroxylation is 2. The predicted octanol–water partition coefficient (Wildman–Crippen LogP) is 5.53. The van der Waals surface area contributed by atoms with E-state index < -0.39 is 6.04 Å². The van der Waals surface area contributed by atoms with Crippen molar-refractivity contribution in [3.05, 3.63) is 33.1 Å². The molecule has 41 heavy (non-hydrogen) atoms. The Morgan fingerprint density at radius 3 is 1.83 bits per heavy atom. The van der Waals surface area contributed by atoms with Gasteiger partial charge >= 0.3 is 11.9 Å². The van der Waals surface area contributed by atoms with E-state index >= 15 is 0 Å². The van der Waals surface area contributed by atoms with Gasteiger partial charge in [-0.3, -0.25) is 0 Å². The van der Waals surface area contributed by atoms with Gasteiger partial charge in [0.1, 0.15) is 23.7 Å². The van der Waals surface area contributed by atoms with E-state index in [4.69, 9.17) is 32.7 Å². The Morgan fingerprint density at radius 2 is 1.32 bits per heavy atom.